The van der Waals surface area contributed by atoms with E-state index in [-0.39, 0.29) is 0 Å². The van der Waals surface area contributed by atoms with Gasteiger partial charge in [-0.15, -0.1) is 0 Å². The van der Waals surface area contributed by atoms with E-state index in [0.717, 1.165) is 11.6 Å². The van der Waals surface area contributed by atoms with Gasteiger partial charge in [-0.1, -0.05) is 29.8 Å². The number of aryl methyl sites for hydroxylation is 1. The predicted molar refractivity (Wildman–Crippen MR) is 94.4 cm³/mol. The van der Waals surface area contributed by atoms with Gasteiger partial charge in [-0.25, -0.2) is 4.68 Å². The zero-order valence-electron chi connectivity index (χ0n) is 13.9. The van der Waals surface area contributed by atoms with Crippen LogP contribution in [0.3, 0.4) is 0 Å². The first-order valence-corrected chi connectivity index (χ1v) is 8.77. The van der Waals surface area contributed by atoms with Crippen molar-refractivity contribution in [3.05, 3.63) is 65.9 Å². The second kappa shape index (κ2) is 7.51. The normalized spacial score (nSPS) is 12.8. The third-order valence-corrected chi connectivity index (χ3v) is 4.01. The molecule has 142 valence electrons. The number of nitrogens with zero attached hydrogens (tertiary/aromatic N) is 2. The van der Waals surface area contributed by atoms with E-state index in [4.69, 9.17) is 0 Å². The molecule has 0 radical (unpaired) electrons. The molecule has 0 bridgehead atoms. The lowest BCUT2D eigenvalue weighted by Gasteiger charge is -2.12. The Kier molecular flexibility index (Phi) is 5.31. The Balaban J connectivity index is 2.01. The Labute approximate surface area is 155 Å². The monoisotopic (exact) mass is 395 g/mol. The van der Waals surface area contributed by atoms with Gasteiger partial charge >= 0.3 is 6.18 Å². The SMILES string of the molecule is Cc1ccc(-c2cc(C(F)(F)F)nn2-c2ccc(NNS(=O)[O-])cc2)cc1. The second-order valence-electron chi connectivity index (χ2n) is 5.70. The number of nitrogens with one attached hydrogen (secondary N) is 2. The Bertz CT molecular complexity index is 954. The molecule has 0 amide bonds. The van der Waals surface area contributed by atoms with Crippen LogP contribution >= 0.6 is 0 Å². The fourth-order valence-electron chi connectivity index (χ4n) is 2.43. The Morgan fingerprint density at radius 1 is 1.07 bits per heavy atom. The van der Waals surface area contributed by atoms with E-state index >= 15 is 0 Å². The largest absolute Gasteiger partial charge is 0.759 e. The molecule has 2 aromatic carbocycles. The van der Waals surface area contributed by atoms with Crippen LogP contribution in [-0.4, -0.2) is 18.5 Å². The molecule has 27 heavy (non-hydrogen) atoms. The topological polar surface area (TPSA) is 82.0 Å². The molecule has 0 aliphatic heterocycles. The minimum atomic E-state index is -4.58. The number of anilines is 1. The Hall–Kier alpha value is -2.69. The zero-order valence-corrected chi connectivity index (χ0v) is 14.8. The van der Waals surface area contributed by atoms with E-state index in [1.165, 1.54) is 28.9 Å². The molecule has 1 heterocycles. The van der Waals surface area contributed by atoms with Gasteiger partial charge in [-0.2, -0.15) is 23.1 Å². The summed E-state index contributed by atoms with van der Waals surface area (Å²) in [4.78, 5) is 1.98. The molecule has 3 aromatic rings. The number of benzene rings is 2. The number of hydrogen-bond donors (Lipinski definition) is 2. The van der Waals surface area contributed by atoms with Crippen LogP contribution in [0.15, 0.2) is 54.6 Å². The number of rotatable bonds is 5. The van der Waals surface area contributed by atoms with Crippen molar-refractivity contribution in [3.8, 4) is 16.9 Å². The number of aromatic nitrogens is 2. The van der Waals surface area contributed by atoms with Crippen molar-refractivity contribution in [2.45, 2.75) is 13.1 Å². The summed E-state index contributed by atoms with van der Waals surface area (Å²) in [6, 6.07) is 14.2. The van der Waals surface area contributed by atoms with Crippen molar-refractivity contribution in [1.29, 1.82) is 0 Å². The quantitative estimate of drug-likeness (QED) is 0.511. The summed E-state index contributed by atoms with van der Waals surface area (Å²) in [5, 5.41) is 3.71. The Morgan fingerprint density at radius 3 is 2.26 bits per heavy atom. The Morgan fingerprint density at radius 2 is 1.70 bits per heavy atom. The minimum absolute atomic E-state index is 0.293. The van der Waals surface area contributed by atoms with Gasteiger partial charge in [0.15, 0.2) is 5.69 Å². The first-order valence-electron chi connectivity index (χ1n) is 7.70. The lowest BCUT2D eigenvalue weighted by molar-refractivity contribution is -0.141. The van der Waals surface area contributed by atoms with Gasteiger partial charge in [0.2, 0.25) is 0 Å². The van der Waals surface area contributed by atoms with E-state index in [1.807, 2.05) is 23.9 Å². The second-order valence-corrected chi connectivity index (χ2v) is 6.37. The van der Waals surface area contributed by atoms with Crippen LogP contribution in [0.2, 0.25) is 0 Å². The van der Waals surface area contributed by atoms with Gasteiger partial charge in [0, 0.05) is 22.5 Å². The van der Waals surface area contributed by atoms with E-state index in [1.54, 1.807) is 12.1 Å². The van der Waals surface area contributed by atoms with Gasteiger partial charge in [0.1, 0.15) is 0 Å². The fraction of sp³-hybridized carbons (Fsp3) is 0.118. The van der Waals surface area contributed by atoms with E-state index in [2.05, 4.69) is 10.5 Å². The van der Waals surface area contributed by atoms with E-state index in [0.29, 0.717) is 22.6 Å². The molecule has 6 nitrogen and oxygen atoms in total. The summed E-state index contributed by atoms with van der Waals surface area (Å²) in [7, 11) is 0. The lowest BCUT2D eigenvalue weighted by atomic mass is 10.1. The smallest absolute Gasteiger partial charge is 0.435 e. The van der Waals surface area contributed by atoms with Crippen LogP contribution in [0.25, 0.3) is 16.9 Å². The molecule has 2 N–H and O–H groups in total. The third-order valence-electron chi connectivity index (χ3n) is 3.74. The highest BCUT2D eigenvalue weighted by molar-refractivity contribution is 7.77. The van der Waals surface area contributed by atoms with Crippen LogP contribution < -0.4 is 10.3 Å². The maximum absolute atomic E-state index is 13.2. The van der Waals surface area contributed by atoms with Gasteiger partial charge < -0.3 is 9.98 Å². The highest BCUT2D eigenvalue weighted by Crippen LogP contribution is 2.33. The average Bonchev–Trinajstić information content (AvgIpc) is 3.07. The summed E-state index contributed by atoms with van der Waals surface area (Å²) in [6.45, 7) is 1.89. The van der Waals surface area contributed by atoms with E-state index < -0.39 is 23.1 Å². The minimum Gasteiger partial charge on any atom is -0.759 e. The molecule has 0 aliphatic rings. The summed E-state index contributed by atoms with van der Waals surface area (Å²) in [5.74, 6) is 0. The zero-order chi connectivity index (χ0) is 19.6. The van der Waals surface area contributed by atoms with Crippen LogP contribution in [0, 0.1) is 6.92 Å². The highest BCUT2D eigenvalue weighted by Gasteiger charge is 2.35. The molecule has 1 aromatic heterocycles. The van der Waals surface area contributed by atoms with Crippen LogP contribution in [-0.2, 0) is 17.4 Å². The van der Waals surface area contributed by atoms with Crippen LogP contribution in [0.1, 0.15) is 11.3 Å². The van der Waals surface area contributed by atoms with E-state index in [9.17, 15) is 21.9 Å². The van der Waals surface area contributed by atoms with Gasteiger partial charge in [-0.3, -0.25) is 4.21 Å². The fourth-order valence-corrected chi connectivity index (χ4v) is 2.63. The van der Waals surface area contributed by atoms with Crippen molar-refractivity contribution in [3.63, 3.8) is 0 Å². The molecule has 10 heteroatoms. The third kappa shape index (κ3) is 4.54. The molecule has 0 aliphatic carbocycles. The summed E-state index contributed by atoms with van der Waals surface area (Å²) in [6.07, 6.45) is -4.58. The maximum Gasteiger partial charge on any atom is 0.435 e. The highest BCUT2D eigenvalue weighted by atomic mass is 32.2. The molecule has 0 spiro atoms. The van der Waals surface area contributed by atoms with Gasteiger partial charge in [-0.05, 0) is 37.3 Å². The molecule has 0 saturated heterocycles. The van der Waals surface area contributed by atoms with Crippen molar-refractivity contribution >= 4 is 17.0 Å². The molecule has 1 unspecified atom stereocenters. The van der Waals surface area contributed by atoms with Gasteiger partial charge in [0.05, 0.1) is 11.4 Å². The number of alkyl halides is 3. The first-order chi connectivity index (χ1) is 12.7. The maximum atomic E-state index is 13.2. The standard InChI is InChI=1S/C17H15F3N4O2S/c1-11-2-4-12(5-3-11)15-10-16(17(18,19)20)22-24(15)14-8-6-13(7-9-14)21-23-27(25)26/h2-10,21,23H,1H3,(H,25,26)/p-1. The molecule has 3 rings (SSSR count). The van der Waals surface area contributed by atoms with Crippen LogP contribution in [0.4, 0.5) is 18.9 Å². The summed E-state index contributed by atoms with van der Waals surface area (Å²) >= 11 is -2.50. The summed E-state index contributed by atoms with van der Waals surface area (Å²) < 4.78 is 61.7. The molecular weight excluding hydrogens is 381 g/mol. The van der Waals surface area contributed by atoms with Crippen LogP contribution in [0.5, 0.6) is 0 Å². The average molecular weight is 395 g/mol. The molecule has 0 saturated carbocycles. The lowest BCUT2D eigenvalue weighted by Crippen LogP contribution is -2.23. The number of hydrazine groups is 1. The van der Waals surface area contributed by atoms with Crippen molar-refractivity contribution in [2.75, 3.05) is 5.43 Å². The number of halogens is 3. The van der Waals surface area contributed by atoms with Crippen molar-refractivity contribution in [2.24, 2.45) is 0 Å². The molecule has 0 fully saturated rings. The summed E-state index contributed by atoms with van der Waals surface area (Å²) in [5.41, 5.74) is 4.12. The van der Waals surface area contributed by atoms with Crippen molar-refractivity contribution in [1.82, 2.24) is 14.6 Å². The number of hydrogen-bond acceptors (Lipinski definition) is 4. The first kappa shape index (κ1) is 19.1. The molecule has 1 atom stereocenters. The predicted octanol–water partition coefficient (Wildman–Crippen LogP) is 3.58. The van der Waals surface area contributed by atoms with Gasteiger partial charge in [0.25, 0.3) is 0 Å². The molecular formula is C17H14F3N4O2S-. The van der Waals surface area contributed by atoms with Crippen molar-refractivity contribution < 1.29 is 21.9 Å².